The first-order valence-corrected chi connectivity index (χ1v) is 8.42. The first-order valence-electron chi connectivity index (χ1n) is 8.42. The van der Waals surface area contributed by atoms with Crippen molar-refractivity contribution in [2.24, 2.45) is 5.73 Å². The molecule has 0 radical (unpaired) electrons. The number of hydrogen-bond donors (Lipinski definition) is 1. The molecule has 0 bridgehead atoms. The van der Waals surface area contributed by atoms with Gasteiger partial charge in [0.1, 0.15) is 23.3 Å². The van der Waals surface area contributed by atoms with Crippen LogP contribution >= 0.6 is 0 Å². The van der Waals surface area contributed by atoms with Gasteiger partial charge in [-0.25, -0.2) is 9.37 Å². The van der Waals surface area contributed by atoms with Gasteiger partial charge in [0.25, 0.3) is 0 Å². The molecule has 0 amide bonds. The van der Waals surface area contributed by atoms with Crippen LogP contribution in [0.4, 0.5) is 4.39 Å². The Morgan fingerprint density at radius 2 is 1.89 bits per heavy atom. The monoisotopic (exact) mass is 358 g/mol. The number of fused-ring (bicyclic) bond motifs is 1. The first kappa shape index (κ1) is 16.9. The Morgan fingerprint density at radius 3 is 2.74 bits per heavy atom. The highest BCUT2D eigenvalue weighted by atomic mass is 19.1. The molecule has 0 aliphatic heterocycles. The molecule has 0 aliphatic rings. The van der Waals surface area contributed by atoms with Crippen LogP contribution in [0.2, 0.25) is 0 Å². The average Bonchev–Trinajstić information content (AvgIpc) is 3.12. The van der Waals surface area contributed by atoms with E-state index in [9.17, 15) is 4.39 Å². The largest absolute Gasteiger partial charge is 0.356 e. The first-order chi connectivity index (χ1) is 13.2. The number of nitrogens with two attached hydrogens (primary N) is 1. The normalized spacial score (nSPS) is 12.0. The molecule has 0 spiro atoms. The number of nitrogens with zero attached hydrogens (tertiary/aromatic N) is 3. The fourth-order valence-corrected chi connectivity index (χ4v) is 3.18. The molecule has 4 rings (SSSR count). The summed E-state index contributed by atoms with van der Waals surface area (Å²) in [5.74, 6) is -0.413. The van der Waals surface area contributed by atoms with E-state index in [4.69, 9.17) is 15.5 Å². The summed E-state index contributed by atoms with van der Waals surface area (Å²) in [6.45, 7) is 0. The fraction of sp³-hybridized carbons (Fsp3) is 0.0952. The molecular weight excluding hydrogens is 343 g/mol. The van der Waals surface area contributed by atoms with Gasteiger partial charge in [0, 0.05) is 34.7 Å². The van der Waals surface area contributed by atoms with Crippen LogP contribution in [0.5, 0.6) is 0 Å². The summed E-state index contributed by atoms with van der Waals surface area (Å²) in [5.41, 5.74) is 9.39. The summed E-state index contributed by atoms with van der Waals surface area (Å²) in [6.07, 6.45) is 0.291. The number of aromatic nitrogens is 2. The van der Waals surface area contributed by atoms with Crippen molar-refractivity contribution in [1.82, 2.24) is 10.1 Å². The number of nitriles is 1. The SMILES string of the molecule is N#Cc1cccc(CC(N)c2c(F)cccc2-c2noc3ccccc23)n1. The highest BCUT2D eigenvalue weighted by Crippen LogP contribution is 2.34. The number of hydrogen-bond acceptors (Lipinski definition) is 5. The minimum atomic E-state index is -0.655. The maximum absolute atomic E-state index is 14.7. The Bertz CT molecular complexity index is 1160. The van der Waals surface area contributed by atoms with E-state index in [1.165, 1.54) is 6.07 Å². The minimum Gasteiger partial charge on any atom is -0.356 e. The van der Waals surface area contributed by atoms with Crippen molar-refractivity contribution in [3.05, 3.63) is 83.4 Å². The van der Waals surface area contributed by atoms with Crippen LogP contribution in [0, 0.1) is 17.1 Å². The molecule has 1 atom stereocenters. The van der Waals surface area contributed by atoms with Crippen molar-refractivity contribution < 1.29 is 8.91 Å². The standard InChI is InChI=1S/C21H15FN4O/c22-17-9-4-8-16(21-15-7-1-2-10-19(15)27-26-21)20(17)18(24)11-13-5-3-6-14(12-23)25-13/h1-10,18H,11,24H2. The number of benzene rings is 2. The van der Waals surface area contributed by atoms with Gasteiger partial charge in [0.2, 0.25) is 0 Å². The molecule has 0 fully saturated rings. The van der Waals surface area contributed by atoms with Gasteiger partial charge in [-0.1, -0.05) is 35.5 Å². The summed E-state index contributed by atoms with van der Waals surface area (Å²) >= 11 is 0. The molecule has 2 N–H and O–H groups in total. The van der Waals surface area contributed by atoms with Gasteiger partial charge in [0.05, 0.1) is 0 Å². The average molecular weight is 358 g/mol. The molecule has 2 aromatic heterocycles. The number of para-hydroxylation sites is 1. The van der Waals surface area contributed by atoms with Crippen LogP contribution in [0.3, 0.4) is 0 Å². The van der Waals surface area contributed by atoms with Gasteiger partial charge in [-0.2, -0.15) is 5.26 Å². The van der Waals surface area contributed by atoms with Gasteiger partial charge in [-0.15, -0.1) is 0 Å². The molecule has 132 valence electrons. The van der Waals surface area contributed by atoms with E-state index in [0.29, 0.717) is 40.2 Å². The van der Waals surface area contributed by atoms with Crippen molar-refractivity contribution in [2.45, 2.75) is 12.5 Å². The molecule has 0 saturated carbocycles. The Kier molecular flexibility index (Phi) is 4.37. The molecular formula is C21H15FN4O. The lowest BCUT2D eigenvalue weighted by molar-refractivity contribution is 0.459. The molecule has 2 aromatic carbocycles. The molecule has 5 nitrogen and oxygen atoms in total. The van der Waals surface area contributed by atoms with E-state index in [0.717, 1.165) is 5.39 Å². The van der Waals surface area contributed by atoms with Crippen molar-refractivity contribution >= 4 is 11.0 Å². The maximum atomic E-state index is 14.7. The minimum absolute atomic E-state index is 0.291. The van der Waals surface area contributed by atoms with Gasteiger partial charge in [0.15, 0.2) is 5.58 Å². The van der Waals surface area contributed by atoms with Crippen molar-refractivity contribution in [3.63, 3.8) is 0 Å². The van der Waals surface area contributed by atoms with E-state index >= 15 is 0 Å². The third-order valence-corrected chi connectivity index (χ3v) is 4.41. The lowest BCUT2D eigenvalue weighted by Gasteiger charge is -2.16. The number of pyridine rings is 1. The van der Waals surface area contributed by atoms with Crippen LogP contribution in [0.25, 0.3) is 22.2 Å². The second-order valence-electron chi connectivity index (χ2n) is 6.16. The zero-order valence-electron chi connectivity index (χ0n) is 14.3. The smallest absolute Gasteiger partial charge is 0.167 e. The van der Waals surface area contributed by atoms with Gasteiger partial charge >= 0.3 is 0 Å². The van der Waals surface area contributed by atoms with Gasteiger partial charge in [-0.05, 0) is 30.3 Å². The second-order valence-corrected chi connectivity index (χ2v) is 6.16. The third kappa shape index (κ3) is 3.16. The Hall–Kier alpha value is -3.56. The quantitative estimate of drug-likeness (QED) is 0.592. The predicted molar refractivity (Wildman–Crippen MR) is 99.0 cm³/mol. The molecule has 27 heavy (non-hydrogen) atoms. The highest BCUT2D eigenvalue weighted by molar-refractivity contribution is 5.92. The lowest BCUT2D eigenvalue weighted by Crippen LogP contribution is -2.17. The zero-order chi connectivity index (χ0) is 18.8. The van der Waals surface area contributed by atoms with Crippen molar-refractivity contribution in [2.75, 3.05) is 0 Å². The summed E-state index contributed by atoms with van der Waals surface area (Å²) in [7, 11) is 0. The summed E-state index contributed by atoms with van der Waals surface area (Å²) in [4.78, 5) is 4.23. The van der Waals surface area contributed by atoms with Crippen LogP contribution in [0.1, 0.15) is 23.0 Å². The molecule has 0 saturated heterocycles. The summed E-state index contributed by atoms with van der Waals surface area (Å²) in [5, 5.41) is 13.9. The number of rotatable bonds is 4. The molecule has 1 unspecified atom stereocenters. The third-order valence-electron chi connectivity index (χ3n) is 4.41. The summed E-state index contributed by atoms with van der Waals surface area (Å²) < 4.78 is 20.1. The Morgan fingerprint density at radius 1 is 1.07 bits per heavy atom. The Labute approximate surface area is 154 Å². The van der Waals surface area contributed by atoms with Crippen LogP contribution < -0.4 is 5.73 Å². The van der Waals surface area contributed by atoms with Crippen molar-refractivity contribution in [3.8, 4) is 17.3 Å². The second kappa shape index (κ2) is 6.98. The highest BCUT2D eigenvalue weighted by Gasteiger charge is 2.21. The van der Waals surface area contributed by atoms with E-state index in [2.05, 4.69) is 10.1 Å². The van der Waals surface area contributed by atoms with Gasteiger partial charge in [-0.3, -0.25) is 0 Å². The predicted octanol–water partition coefficient (Wildman–Crippen LogP) is 4.14. The van der Waals surface area contributed by atoms with E-state index < -0.39 is 11.9 Å². The van der Waals surface area contributed by atoms with E-state index in [-0.39, 0.29) is 0 Å². The number of halogens is 1. The van der Waals surface area contributed by atoms with Crippen LogP contribution in [0.15, 0.2) is 65.2 Å². The van der Waals surface area contributed by atoms with Crippen LogP contribution in [-0.4, -0.2) is 10.1 Å². The van der Waals surface area contributed by atoms with Gasteiger partial charge < -0.3 is 10.3 Å². The zero-order valence-corrected chi connectivity index (χ0v) is 14.3. The van der Waals surface area contributed by atoms with E-state index in [1.807, 2.05) is 30.3 Å². The Balaban J connectivity index is 1.78. The fourth-order valence-electron chi connectivity index (χ4n) is 3.18. The molecule has 0 aliphatic carbocycles. The lowest BCUT2D eigenvalue weighted by atomic mass is 9.93. The van der Waals surface area contributed by atoms with Crippen LogP contribution in [-0.2, 0) is 6.42 Å². The maximum Gasteiger partial charge on any atom is 0.167 e. The van der Waals surface area contributed by atoms with E-state index in [1.54, 1.807) is 30.3 Å². The topological polar surface area (TPSA) is 88.7 Å². The molecule has 2 heterocycles. The molecule has 6 heteroatoms. The van der Waals surface area contributed by atoms with Crippen molar-refractivity contribution in [1.29, 1.82) is 5.26 Å². The molecule has 4 aromatic rings. The summed E-state index contributed by atoms with van der Waals surface area (Å²) in [6, 6.07) is 18.7.